The third-order valence-corrected chi connectivity index (χ3v) is 6.59. The van der Waals surface area contributed by atoms with E-state index in [4.69, 9.17) is 0 Å². The molecule has 0 atom stereocenters. The minimum Gasteiger partial charge on any atom is -0.251 e. The first-order valence-corrected chi connectivity index (χ1v) is 9.82. The van der Waals surface area contributed by atoms with Crippen molar-refractivity contribution in [3.05, 3.63) is 30.1 Å². The Bertz CT molecular complexity index is 764. The normalized spacial score (nSPS) is 16.6. The van der Waals surface area contributed by atoms with Gasteiger partial charge in [-0.25, -0.2) is 8.42 Å². The van der Waals surface area contributed by atoms with Gasteiger partial charge in [-0.2, -0.15) is 0 Å². The second kappa shape index (κ2) is 6.78. The van der Waals surface area contributed by atoms with E-state index in [2.05, 4.69) is 15.3 Å². The average Bonchev–Trinajstić information content (AvgIpc) is 3.03. The van der Waals surface area contributed by atoms with E-state index in [1.165, 1.54) is 0 Å². The SMILES string of the molecule is Cc1cccc(-c2cn(CCS(=O)(=O)C3CCCCC3)nn2)n1. The van der Waals surface area contributed by atoms with Crippen molar-refractivity contribution >= 4 is 9.84 Å². The quantitative estimate of drug-likeness (QED) is 0.839. The van der Waals surface area contributed by atoms with Crippen molar-refractivity contribution in [1.82, 2.24) is 20.0 Å². The van der Waals surface area contributed by atoms with Gasteiger partial charge in [-0.3, -0.25) is 9.67 Å². The lowest BCUT2D eigenvalue weighted by Gasteiger charge is -2.21. The Kier molecular flexibility index (Phi) is 4.75. The van der Waals surface area contributed by atoms with Crippen molar-refractivity contribution in [1.29, 1.82) is 0 Å². The molecule has 2 aromatic rings. The molecule has 6 nitrogen and oxygen atoms in total. The van der Waals surface area contributed by atoms with E-state index in [0.717, 1.165) is 43.5 Å². The Hall–Kier alpha value is -1.76. The Labute approximate surface area is 136 Å². The maximum absolute atomic E-state index is 12.4. The van der Waals surface area contributed by atoms with Gasteiger partial charge in [-0.15, -0.1) is 5.10 Å². The van der Waals surface area contributed by atoms with Gasteiger partial charge in [0, 0.05) is 5.69 Å². The third-order valence-electron chi connectivity index (χ3n) is 4.35. The molecule has 124 valence electrons. The molecule has 0 N–H and O–H groups in total. The number of rotatable bonds is 5. The molecular formula is C16H22N4O2S. The fraction of sp³-hybridized carbons (Fsp3) is 0.562. The van der Waals surface area contributed by atoms with Crippen LogP contribution < -0.4 is 0 Å². The molecule has 23 heavy (non-hydrogen) atoms. The van der Waals surface area contributed by atoms with E-state index in [-0.39, 0.29) is 11.0 Å². The van der Waals surface area contributed by atoms with Crippen molar-refractivity contribution in [2.45, 2.75) is 50.8 Å². The van der Waals surface area contributed by atoms with Gasteiger partial charge >= 0.3 is 0 Å². The van der Waals surface area contributed by atoms with E-state index in [9.17, 15) is 8.42 Å². The van der Waals surface area contributed by atoms with Crippen molar-refractivity contribution in [2.24, 2.45) is 0 Å². The van der Waals surface area contributed by atoms with Crippen LogP contribution >= 0.6 is 0 Å². The van der Waals surface area contributed by atoms with E-state index in [1.54, 1.807) is 10.9 Å². The molecule has 1 fully saturated rings. The van der Waals surface area contributed by atoms with Crippen LogP contribution in [-0.4, -0.2) is 39.4 Å². The molecule has 0 spiro atoms. The standard InChI is InChI=1S/C16H22N4O2S/c1-13-6-5-9-15(17-13)16-12-20(19-18-16)10-11-23(21,22)14-7-3-2-4-8-14/h5-6,9,12,14H,2-4,7-8,10-11H2,1H3. The fourth-order valence-corrected chi connectivity index (χ4v) is 4.85. The summed E-state index contributed by atoms with van der Waals surface area (Å²) in [5.74, 6) is 0.127. The van der Waals surface area contributed by atoms with Crippen LogP contribution in [0, 0.1) is 6.92 Å². The van der Waals surface area contributed by atoms with Crippen molar-refractivity contribution in [3.8, 4) is 11.4 Å². The second-order valence-electron chi connectivity index (χ2n) is 6.16. The Balaban J connectivity index is 1.65. The maximum Gasteiger partial charge on any atom is 0.154 e. The summed E-state index contributed by atoms with van der Waals surface area (Å²) >= 11 is 0. The maximum atomic E-state index is 12.4. The zero-order valence-electron chi connectivity index (χ0n) is 13.4. The molecule has 3 rings (SSSR count). The van der Waals surface area contributed by atoms with E-state index < -0.39 is 9.84 Å². The van der Waals surface area contributed by atoms with E-state index in [1.807, 2.05) is 25.1 Å². The minimum absolute atomic E-state index is 0.127. The first-order chi connectivity index (χ1) is 11.0. The number of nitrogens with zero attached hydrogens (tertiary/aromatic N) is 4. The van der Waals surface area contributed by atoms with Crippen molar-refractivity contribution in [2.75, 3.05) is 5.75 Å². The number of aromatic nitrogens is 4. The van der Waals surface area contributed by atoms with Crippen molar-refractivity contribution < 1.29 is 8.42 Å². The molecule has 0 radical (unpaired) electrons. The number of pyridine rings is 1. The third kappa shape index (κ3) is 3.96. The van der Waals surface area contributed by atoms with E-state index in [0.29, 0.717) is 12.2 Å². The summed E-state index contributed by atoms with van der Waals surface area (Å²) in [6.45, 7) is 2.27. The van der Waals surface area contributed by atoms with Gasteiger partial charge < -0.3 is 0 Å². The highest BCUT2D eigenvalue weighted by molar-refractivity contribution is 7.92. The number of sulfone groups is 1. The zero-order valence-corrected chi connectivity index (χ0v) is 14.2. The van der Waals surface area contributed by atoms with E-state index >= 15 is 0 Å². The lowest BCUT2D eigenvalue weighted by Crippen LogP contribution is -2.28. The second-order valence-corrected chi connectivity index (χ2v) is 8.56. The molecular weight excluding hydrogens is 312 g/mol. The lowest BCUT2D eigenvalue weighted by atomic mass is 10.0. The van der Waals surface area contributed by atoms with Gasteiger partial charge in [-0.1, -0.05) is 30.5 Å². The predicted molar refractivity (Wildman–Crippen MR) is 88.6 cm³/mol. The van der Waals surface area contributed by atoms with Crippen LogP contribution in [0.4, 0.5) is 0 Å². The predicted octanol–water partition coefficient (Wildman–Crippen LogP) is 2.40. The van der Waals surface area contributed by atoms with Crippen LogP contribution in [-0.2, 0) is 16.4 Å². The van der Waals surface area contributed by atoms with Crippen LogP contribution in [0.5, 0.6) is 0 Å². The summed E-state index contributed by atoms with van der Waals surface area (Å²) in [5.41, 5.74) is 2.34. The van der Waals surface area contributed by atoms with Gasteiger partial charge in [0.2, 0.25) is 0 Å². The molecule has 0 aliphatic heterocycles. The first kappa shape index (κ1) is 16.1. The highest BCUT2D eigenvalue weighted by atomic mass is 32.2. The molecule has 0 bridgehead atoms. The number of aryl methyl sites for hydroxylation is 2. The molecule has 2 heterocycles. The highest BCUT2D eigenvalue weighted by Crippen LogP contribution is 2.24. The molecule has 1 saturated carbocycles. The number of hydrogen-bond acceptors (Lipinski definition) is 5. The summed E-state index contributed by atoms with van der Waals surface area (Å²) < 4.78 is 26.4. The summed E-state index contributed by atoms with van der Waals surface area (Å²) in [6, 6.07) is 5.72. The molecule has 1 aliphatic carbocycles. The molecule has 0 saturated heterocycles. The molecule has 2 aromatic heterocycles. The summed E-state index contributed by atoms with van der Waals surface area (Å²) in [7, 11) is -3.05. The Morgan fingerprint density at radius 2 is 1.96 bits per heavy atom. The molecule has 7 heteroatoms. The topological polar surface area (TPSA) is 77.7 Å². The summed E-state index contributed by atoms with van der Waals surface area (Å²) in [4.78, 5) is 4.40. The van der Waals surface area contributed by atoms with Crippen LogP contribution in [0.25, 0.3) is 11.4 Å². The average molecular weight is 334 g/mol. The molecule has 0 unspecified atom stereocenters. The van der Waals surface area contributed by atoms with Gasteiger partial charge in [0.1, 0.15) is 5.69 Å². The highest BCUT2D eigenvalue weighted by Gasteiger charge is 2.27. The Morgan fingerprint density at radius 3 is 2.70 bits per heavy atom. The van der Waals surface area contributed by atoms with Crippen LogP contribution in [0.15, 0.2) is 24.4 Å². The summed E-state index contributed by atoms with van der Waals surface area (Å²) in [6.07, 6.45) is 6.57. The van der Waals surface area contributed by atoms with Gasteiger partial charge in [-0.05, 0) is 31.9 Å². The van der Waals surface area contributed by atoms with Crippen LogP contribution in [0.2, 0.25) is 0 Å². The van der Waals surface area contributed by atoms with Gasteiger partial charge in [0.05, 0.1) is 29.4 Å². The Morgan fingerprint density at radius 1 is 1.17 bits per heavy atom. The minimum atomic E-state index is -3.05. The summed E-state index contributed by atoms with van der Waals surface area (Å²) in [5, 5.41) is 7.96. The largest absolute Gasteiger partial charge is 0.251 e. The van der Waals surface area contributed by atoms with Crippen LogP contribution in [0.3, 0.4) is 0 Å². The smallest absolute Gasteiger partial charge is 0.154 e. The monoisotopic (exact) mass is 334 g/mol. The fourth-order valence-electron chi connectivity index (χ4n) is 3.02. The van der Waals surface area contributed by atoms with Crippen molar-refractivity contribution in [3.63, 3.8) is 0 Å². The number of hydrogen-bond donors (Lipinski definition) is 0. The lowest BCUT2D eigenvalue weighted by molar-refractivity contribution is 0.480. The van der Waals surface area contributed by atoms with Gasteiger partial charge in [0.15, 0.2) is 9.84 Å². The van der Waals surface area contributed by atoms with Gasteiger partial charge in [0.25, 0.3) is 0 Å². The molecule has 0 aromatic carbocycles. The van der Waals surface area contributed by atoms with Crippen LogP contribution in [0.1, 0.15) is 37.8 Å². The molecule has 1 aliphatic rings. The zero-order chi connectivity index (χ0) is 16.3. The molecule has 0 amide bonds. The first-order valence-electron chi connectivity index (χ1n) is 8.10.